The Kier molecular flexibility index (Phi) is 9.37. The molecule has 0 aliphatic rings. The summed E-state index contributed by atoms with van der Waals surface area (Å²) in [5, 5.41) is 0. The molecule has 0 aromatic heterocycles. The second kappa shape index (κ2) is 12.3. The minimum Gasteiger partial charge on any atom is -0.310 e. The van der Waals surface area contributed by atoms with Gasteiger partial charge in [-0.1, -0.05) is 110 Å². The molecular formula is C35H45N. The average Bonchev–Trinajstić information content (AvgIpc) is 2.88. The summed E-state index contributed by atoms with van der Waals surface area (Å²) in [6.07, 6.45) is 8.39. The molecule has 3 rings (SSSR count). The molecule has 3 aromatic carbocycles. The molecule has 1 heteroatoms. The number of anilines is 3. The van der Waals surface area contributed by atoms with Crippen molar-refractivity contribution < 1.29 is 0 Å². The first kappa shape index (κ1) is 27.5. The van der Waals surface area contributed by atoms with Gasteiger partial charge in [-0.15, -0.1) is 0 Å². The zero-order valence-electron chi connectivity index (χ0n) is 23.5. The van der Waals surface area contributed by atoms with E-state index < -0.39 is 0 Å². The molecule has 0 fully saturated rings. The summed E-state index contributed by atoms with van der Waals surface area (Å²) < 4.78 is 0. The Morgan fingerprint density at radius 2 is 1.42 bits per heavy atom. The number of allylic oxidation sites excluding steroid dienone is 3. The molecule has 0 saturated heterocycles. The maximum Gasteiger partial charge on any atom is 0.0464 e. The van der Waals surface area contributed by atoms with Crippen molar-refractivity contribution in [2.75, 3.05) is 4.90 Å². The van der Waals surface area contributed by atoms with Crippen LogP contribution in [0.15, 0.2) is 97.6 Å². The first-order valence-corrected chi connectivity index (χ1v) is 13.6. The van der Waals surface area contributed by atoms with Gasteiger partial charge >= 0.3 is 0 Å². The molecular weight excluding hydrogens is 434 g/mol. The standard InChI is InChI=1S/C35H45N/c1-9-11-13-27(5)24-28(6)30-14-12-15-34(25-30)36(32-20-16-29(17-21-32)26(3)4)33-22-18-31(19-23-33)35(7,8)10-2/h9,11-23,25-28H,1,10,24H2,2-8H3/b13-11+. The Balaban J connectivity index is 2.02. The highest BCUT2D eigenvalue weighted by Crippen LogP contribution is 2.38. The quantitative estimate of drug-likeness (QED) is 0.247. The number of rotatable bonds is 11. The van der Waals surface area contributed by atoms with E-state index in [1.165, 1.54) is 33.8 Å². The fourth-order valence-corrected chi connectivity index (χ4v) is 4.73. The van der Waals surface area contributed by atoms with Crippen molar-refractivity contribution in [1.29, 1.82) is 0 Å². The molecule has 0 amide bonds. The van der Waals surface area contributed by atoms with Gasteiger partial charge in [0.1, 0.15) is 0 Å². The van der Waals surface area contributed by atoms with Crippen molar-refractivity contribution in [3.8, 4) is 0 Å². The SMILES string of the molecule is C=C/C=C/C(C)CC(C)c1cccc(N(c2ccc(C(C)C)cc2)c2ccc(C(C)(C)CC)cc2)c1. The van der Waals surface area contributed by atoms with E-state index in [0.29, 0.717) is 17.8 Å². The van der Waals surface area contributed by atoms with E-state index in [1.54, 1.807) is 0 Å². The lowest BCUT2D eigenvalue weighted by molar-refractivity contribution is 0.506. The van der Waals surface area contributed by atoms with Gasteiger partial charge in [-0.2, -0.15) is 0 Å². The number of benzene rings is 3. The Bertz CT molecular complexity index is 1130. The van der Waals surface area contributed by atoms with E-state index in [-0.39, 0.29) is 5.41 Å². The van der Waals surface area contributed by atoms with Gasteiger partial charge in [0, 0.05) is 17.1 Å². The number of hydrogen-bond acceptors (Lipinski definition) is 1. The Hall–Kier alpha value is -3.06. The van der Waals surface area contributed by atoms with Gasteiger partial charge in [-0.3, -0.25) is 0 Å². The van der Waals surface area contributed by atoms with Crippen LogP contribution in [0, 0.1) is 5.92 Å². The Morgan fingerprint density at radius 1 is 0.806 bits per heavy atom. The van der Waals surface area contributed by atoms with Gasteiger partial charge in [0.2, 0.25) is 0 Å². The van der Waals surface area contributed by atoms with Crippen molar-refractivity contribution in [3.63, 3.8) is 0 Å². The van der Waals surface area contributed by atoms with Gasteiger partial charge < -0.3 is 4.90 Å². The molecule has 0 N–H and O–H groups in total. The van der Waals surface area contributed by atoms with Crippen molar-refractivity contribution in [2.24, 2.45) is 5.92 Å². The second-order valence-electron chi connectivity index (χ2n) is 11.2. The molecule has 1 nitrogen and oxygen atoms in total. The summed E-state index contributed by atoms with van der Waals surface area (Å²) in [7, 11) is 0. The van der Waals surface area contributed by atoms with E-state index in [0.717, 1.165) is 12.8 Å². The molecule has 36 heavy (non-hydrogen) atoms. The highest BCUT2D eigenvalue weighted by molar-refractivity contribution is 5.77. The maximum atomic E-state index is 3.80. The van der Waals surface area contributed by atoms with E-state index in [2.05, 4.69) is 145 Å². The lowest BCUT2D eigenvalue weighted by Gasteiger charge is -2.29. The lowest BCUT2D eigenvalue weighted by atomic mass is 9.82. The van der Waals surface area contributed by atoms with Crippen LogP contribution < -0.4 is 4.90 Å². The van der Waals surface area contributed by atoms with Crippen LogP contribution in [0.3, 0.4) is 0 Å². The molecule has 2 unspecified atom stereocenters. The summed E-state index contributed by atoms with van der Waals surface area (Å²) in [5.74, 6) is 1.49. The summed E-state index contributed by atoms with van der Waals surface area (Å²) in [6, 6.07) is 27.3. The molecule has 3 aromatic rings. The fourth-order valence-electron chi connectivity index (χ4n) is 4.73. The summed E-state index contributed by atoms with van der Waals surface area (Å²) >= 11 is 0. The third-order valence-corrected chi connectivity index (χ3v) is 7.61. The predicted octanol–water partition coefficient (Wildman–Crippen LogP) is 10.8. The monoisotopic (exact) mass is 479 g/mol. The van der Waals surface area contributed by atoms with E-state index >= 15 is 0 Å². The predicted molar refractivity (Wildman–Crippen MR) is 160 cm³/mol. The lowest BCUT2D eigenvalue weighted by Crippen LogP contribution is -2.16. The molecule has 190 valence electrons. The fraction of sp³-hybridized carbons (Fsp3) is 0.371. The van der Waals surface area contributed by atoms with Gasteiger partial charge in [0.15, 0.2) is 0 Å². The van der Waals surface area contributed by atoms with Crippen LogP contribution in [0.5, 0.6) is 0 Å². The highest BCUT2D eigenvalue weighted by Gasteiger charge is 2.20. The van der Waals surface area contributed by atoms with E-state index in [1.807, 2.05) is 6.08 Å². The van der Waals surface area contributed by atoms with Gasteiger partial charge in [0.25, 0.3) is 0 Å². The van der Waals surface area contributed by atoms with Gasteiger partial charge in [-0.25, -0.2) is 0 Å². The van der Waals surface area contributed by atoms with Crippen LogP contribution in [-0.2, 0) is 5.41 Å². The topological polar surface area (TPSA) is 3.24 Å². The molecule has 0 saturated carbocycles. The van der Waals surface area contributed by atoms with Crippen LogP contribution in [0.4, 0.5) is 17.1 Å². The number of nitrogens with zero attached hydrogens (tertiary/aromatic N) is 1. The van der Waals surface area contributed by atoms with Crippen molar-refractivity contribution in [2.45, 2.75) is 78.6 Å². The zero-order chi connectivity index (χ0) is 26.3. The summed E-state index contributed by atoms with van der Waals surface area (Å²) in [5.41, 5.74) is 7.88. The normalized spacial score (nSPS) is 13.7. The largest absolute Gasteiger partial charge is 0.310 e. The third-order valence-electron chi connectivity index (χ3n) is 7.61. The van der Waals surface area contributed by atoms with Crippen LogP contribution >= 0.6 is 0 Å². The second-order valence-corrected chi connectivity index (χ2v) is 11.2. The van der Waals surface area contributed by atoms with Crippen LogP contribution in [0.2, 0.25) is 0 Å². The molecule has 2 atom stereocenters. The van der Waals surface area contributed by atoms with Crippen molar-refractivity contribution in [1.82, 2.24) is 0 Å². The van der Waals surface area contributed by atoms with Crippen molar-refractivity contribution >= 4 is 17.1 Å². The summed E-state index contributed by atoms with van der Waals surface area (Å²) in [6.45, 7) is 19.8. The molecule has 0 radical (unpaired) electrons. The Labute approximate surface area is 220 Å². The molecule has 0 aliphatic carbocycles. The van der Waals surface area contributed by atoms with Crippen molar-refractivity contribution in [3.05, 3.63) is 114 Å². The van der Waals surface area contributed by atoms with Gasteiger partial charge in [-0.05, 0) is 89.1 Å². The zero-order valence-corrected chi connectivity index (χ0v) is 23.5. The molecule has 0 bridgehead atoms. The Morgan fingerprint density at radius 3 is 1.97 bits per heavy atom. The molecule has 0 aliphatic heterocycles. The van der Waals surface area contributed by atoms with Crippen LogP contribution in [-0.4, -0.2) is 0 Å². The first-order chi connectivity index (χ1) is 17.2. The van der Waals surface area contributed by atoms with Crippen LogP contribution in [0.25, 0.3) is 0 Å². The molecule has 0 spiro atoms. The van der Waals surface area contributed by atoms with Gasteiger partial charge in [0.05, 0.1) is 0 Å². The highest BCUT2D eigenvalue weighted by atomic mass is 15.1. The number of hydrogen-bond donors (Lipinski definition) is 0. The first-order valence-electron chi connectivity index (χ1n) is 13.6. The minimum atomic E-state index is 0.175. The van der Waals surface area contributed by atoms with Crippen LogP contribution in [0.1, 0.15) is 89.8 Å². The smallest absolute Gasteiger partial charge is 0.0464 e. The summed E-state index contributed by atoms with van der Waals surface area (Å²) in [4.78, 5) is 2.39. The minimum absolute atomic E-state index is 0.175. The van der Waals surface area contributed by atoms with E-state index in [9.17, 15) is 0 Å². The maximum absolute atomic E-state index is 3.80. The third kappa shape index (κ3) is 6.78. The average molecular weight is 480 g/mol. The molecule has 0 heterocycles. The van der Waals surface area contributed by atoms with E-state index in [4.69, 9.17) is 0 Å².